The number of sulfonamides is 1. The summed E-state index contributed by atoms with van der Waals surface area (Å²) in [4.78, 5) is 24.1. The number of carbonyl (C=O) groups excluding carboxylic acids is 1. The fraction of sp³-hybridized carbons (Fsp3) is 0.190. The largest absolute Gasteiger partial charge is 0.492 e. The highest BCUT2D eigenvalue weighted by Crippen LogP contribution is 2.14. The van der Waals surface area contributed by atoms with Crippen LogP contribution in [-0.4, -0.2) is 44.0 Å². The SMILES string of the molecule is NS(=O)(=O)c1ccc(OCCOC(=O)c2ccc(=O)n(CCOc3ccccc3)n2)cc1. The van der Waals surface area contributed by atoms with Gasteiger partial charge in [-0.05, 0) is 42.5 Å². The van der Waals surface area contributed by atoms with Crippen LogP contribution in [0.2, 0.25) is 0 Å². The van der Waals surface area contributed by atoms with Crippen LogP contribution in [-0.2, 0) is 21.3 Å². The van der Waals surface area contributed by atoms with Gasteiger partial charge in [0.2, 0.25) is 10.0 Å². The van der Waals surface area contributed by atoms with E-state index in [1.54, 1.807) is 12.1 Å². The molecule has 1 heterocycles. The van der Waals surface area contributed by atoms with Crippen LogP contribution in [0.1, 0.15) is 10.5 Å². The van der Waals surface area contributed by atoms with Gasteiger partial charge in [-0.3, -0.25) is 4.79 Å². The Morgan fingerprint density at radius 1 is 0.875 bits per heavy atom. The summed E-state index contributed by atoms with van der Waals surface area (Å²) in [6.45, 7) is 0.318. The Morgan fingerprint density at radius 2 is 1.53 bits per heavy atom. The van der Waals surface area contributed by atoms with Crippen LogP contribution in [0.5, 0.6) is 11.5 Å². The summed E-state index contributed by atoms with van der Waals surface area (Å²) in [5.41, 5.74) is -0.397. The molecule has 0 unspecified atom stereocenters. The first kappa shape index (κ1) is 23.0. The van der Waals surface area contributed by atoms with Crippen LogP contribution in [0.25, 0.3) is 0 Å². The molecule has 168 valence electrons. The highest BCUT2D eigenvalue weighted by atomic mass is 32.2. The van der Waals surface area contributed by atoms with E-state index < -0.39 is 16.0 Å². The van der Waals surface area contributed by atoms with Crippen LogP contribution in [0.4, 0.5) is 0 Å². The summed E-state index contributed by atoms with van der Waals surface area (Å²) in [5, 5.41) is 9.04. The van der Waals surface area contributed by atoms with Gasteiger partial charge in [-0.2, -0.15) is 5.10 Å². The van der Waals surface area contributed by atoms with Crippen molar-refractivity contribution in [2.45, 2.75) is 11.4 Å². The first-order chi connectivity index (χ1) is 15.3. The van der Waals surface area contributed by atoms with Gasteiger partial charge in [0.15, 0.2) is 5.69 Å². The number of hydrogen-bond acceptors (Lipinski definition) is 8. The molecule has 0 spiro atoms. The number of esters is 1. The van der Waals surface area contributed by atoms with E-state index in [0.717, 1.165) is 4.68 Å². The highest BCUT2D eigenvalue weighted by molar-refractivity contribution is 7.89. The fourth-order valence-electron chi connectivity index (χ4n) is 2.58. The average molecular weight is 459 g/mol. The normalized spacial score (nSPS) is 11.0. The molecule has 1 aromatic heterocycles. The van der Waals surface area contributed by atoms with Crippen molar-refractivity contribution in [1.29, 1.82) is 0 Å². The molecule has 10 nitrogen and oxygen atoms in total. The Bertz CT molecular complexity index is 1210. The van der Waals surface area contributed by atoms with E-state index in [4.69, 9.17) is 19.3 Å². The molecule has 0 saturated heterocycles. The standard InChI is InChI=1S/C21H21N3O7S/c22-32(27,28)18-8-6-17(7-9-18)30-14-15-31-21(26)19-10-11-20(25)24(23-19)12-13-29-16-4-2-1-3-5-16/h1-11H,12-15H2,(H2,22,27,28). The number of ether oxygens (including phenoxy) is 3. The van der Waals surface area contributed by atoms with E-state index in [-0.39, 0.29) is 42.5 Å². The van der Waals surface area contributed by atoms with E-state index >= 15 is 0 Å². The lowest BCUT2D eigenvalue weighted by Gasteiger charge is -2.10. The Labute approximate surface area is 184 Å². The molecule has 0 amide bonds. The third-order valence-corrected chi connectivity index (χ3v) is 5.06. The van der Waals surface area contributed by atoms with E-state index in [1.807, 2.05) is 18.2 Å². The Morgan fingerprint density at radius 3 is 2.22 bits per heavy atom. The molecule has 0 bridgehead atoms. The zero-order valence-electron chi connectivity index (χ0n) is 16.9. The summed E-state index contributed by atoms with van der Waals surface area (Å²) in [6.07, 6.45) is 0. The monoisotopic (exact) mass is 459 g/mol. The van der Waals surface area contributed by atoms with Gasteiger partial charge in [0.05, 0.1) is 11.4 Å². The number of carbonyl (C=O) groups is 1. The van der Waals surface area contributed by atoms with Gasteiger partial charge in [-0.1, -0.05) is 18.2 Å². The lowest BCUT2D eigenvalue weighted by Crippen LogP contribution is -2.27. The Kier molecular flexibility index (Phi) is 7.58. The van der Waals surface area contributed by atoms with Crippen molar-refractivity contribution < 1.29 is 27.4 Å². The lowest BCUT2D eigenvalue weighted by molar-refractivity contribution is 0.0440. The molecule has 2 aromatic carbocycles. The maximum atomic E-state index is 12.2. The van der Waals surface area contributed by atoms with Crippen LogP contribution >= 0.6 is 0 Å². The molecule has 11 heteroatoms. The second-order valence-corrected chi connectivity index (χ2v) is 8.00. The molecule has 0 aliphatic carbocycles. The number of rotatable bonds is 10. The van der Waals surface area contributed by atoms with Gasteiger partial charge in [0.1, 0.15) is 31.3 Å². The topological polar surface area (TPSA) is 140 Å². The molecule has 0 saturated carbocycles. The third kappa shape index (κ3) is 6.65. The maximum Gasteiger partial charge on any atom is 0.358 e. The molecule has 2 N–H and O–H groups in total. The molecule has 3 aromatic rings. The maximum absolute atomic E-state index is 12.2. The number of nitrogens with zero attached hydrogens (tertiary/aromatic N) is 2. The number of nitrogens with two attached hydrogens (primary N) is 1. The lowest BCUT2D eigenvalue weighted by atomic mass is 10.3. The smallest absolute Gasteiger partial charge is 0.358 e. The van der Waals surface area contributed by atoms with Gasteiger partial charge in [0, 0.05) is 6.07 Å². The van der Waals surface area contributed by atoms with Crippen LogP contribution in [0.15, 0.2) is 76.4 Å². The van der Waals surface area contributed by atoms with Crippen LogP contribution in [0.3, 0.4) is 0 Å². The summed E-state index contributed by atoms with van der Waals surface area (Å²) in [5.74, 6) is 0.338. The zero-order chi connectivity index (χ0) is 23.0. The average Bonchev–Trinajstić information content (AvgIpc) is 2.78. The molecule has 0 aliphatic rings. The summed E-state index contributed by atoms with van der Waals surface area (Å²) >= 11 is 0. The van der Waals surface area contributed by atoms with Crippen molar-refractivity contribution >= 4 is 16.0 Å². The fourth-order valence-corrected chi connectivity index (χ4v) is 3.09. The molecule has 0 atom stereocenters. The van der Waals surface area contributed by atoms with E-state index in [0.29, 0.717) is 11.5 Å². The van der Waals surface area contributed by atoms with Gasteiger partial charge in [-0.15, -0.1) is 0 Å². The minimum atomic E-state index is -3.78. The second-order valence-electron chi connectivity index (χ2n) is 6.44. The van der Waals surface area contributed by atoms with Crippen LogP contribution in [0, 0.1) is 0 Å². The van der Waals surface area contributed by atoms with Crippen molar-refractivity contribution in [1.82, 2.24) is 9.78 Å². The van der Waals surface area contributed by atoms with Crippen molar-refractivity contribution in [2.75, 3.05) is 19.8 Å². The molecular formula is C21H21N3O7S. The van der Waals surface area contributed by atoms with Gasteiger partial charge in [-0.25, -0.2) is 23.0 Å². The minimum absolute atomic E-state index is 0.0261. The molecule has 0 aliphatic heterocycles. The molecule has 0 fully saturated rings. The van der Waals surface area contributed by atoms with Crippen molar-refractivity contribution in [3.63, 3.8) is 0 Å². The minimum Gasteiger partial charge on any atom is -0.492 e. The predicted octanol–water partition coefficient (Wildman–Crippen LogP) is 1.21. The number of para-hydroxylation sites is 1. The van der Waals surface area contributed by atoms with E-state index in [9.17, 15) is 18.0 Å². The first-order valence-corrected chi connectivity index (χ1v) is 11.1. The van der Waals surface area contributed by atoms with E-state index in [2.05, 4.69) is 5.10 Å². The van der Waals surface area contributed by atoms with E-state index in [1.165, 1.54) is 36.4 Å². The number of hydrogen-bond donors (Lipinski definition) is 1. The van der Waals surface area contributed by atoms with Gasteiger partial charge in [0.25, 0.3) is 5.56 Å². The van der Waals surface area contributed by atoms with Crippen molar-refractivity contribution in [3.05, 3.63) is 82.8 Å². The highest BCUT2D eigenvalue weighted by Gasteiger charge is 2.12. The van der Waals surface area contributed by atoms with Crippen molar-refractivity contribution in [2.24, 2.45) is 5.14 Å². The second kappa shape index (κ2) is 10.6. The summed E-state index contributed by atoms with van der Waals surface area (Å²) in [6, 6.07) is 17.1. The van der Waals surface area contributed by atoms with Crippen molar-refractivity contribution in [3.8, 4) is 11.5 Å². The molecule has 0 radical (unpaired) electrons. The summed E-state index contributed by atoms with van der Waals surface area (Å²) in [7, 11) is -3.78. The van der Waals surface area contributed by atoms with Gasteiger partial charge >= 0.3 is 5.97 Å². The van der Waals surface area contributed by atoms with Crippen LogP contribution < -0.4 is 20.2 Å². The predicted molar refractivity (Wildman–Crippen MR) is 114 cm³/mol. The summed E-state index contributed by atoms with van der Waals surface area (Å²) < 4.78 is 39.6. The molecular weight excluding hydrogens is 438 g/mol. The first-order valence-electron chi connectivity index (χ1n) is 9.52. The number of benzene rings is 2. The zero-order valence-corrected chi connectivity index (χ0v) is 17.7. The number of primary sulfonamides is 1. The molecule has 32 heavy (non-hydrogen) atoms. The number of aromatic nitrogens is 2. The molecule has 3 rings (SSSR count). The van der Waals surface area contributed by atoms with Gasteiger partial charge < -0.3 is 14.2 Å². The third-order valence-electron chi connectivity index (χ3n) is 4.13. The Balaban J connectivity index is 1.47. The quantitative estimate of drug-likeness (QED) is 0.352. The Hall–Kier alpha value is -3.70.